The summed E-state index contributed by atoms with van der Waals surface area (Å²) in [6.07, 6.45) is 4.26. The summed E-state index contributed by atoms with van der Waals surface area (Å²) in [4.78, 5) is 25.2. The predicted octanol–water partition coefficient (Wildman–Crippen LogP) is 4.23. The van der Waals surface area contributed by atoms with Crippen molar-refractivity contribution in [3.8, 4) is 39.9 Å². The summed E-state index contributed by atoms with van der Waals surface area (Å²) in [7, 11) is 4.38. The van der Waals surface area contributed by atoms with E-state index in [2.05, 4.69) is 22.8 Å². The number of methoxy groups -OCH3 is 3. The molecule has 4 rings (SSSR count). The van der Waals surface area contributed by atoms with Gasteiger partial charge in [0.2, 0.25) is 5.75 Å². The molecule has 3 aromatic carbocycles. The first-order valence-corrected chi connectivity index (χ1v) is 13.3. The zero-order valence-electron chi connectivity index (χ0n) is 23.9. The van der Waals surface area contributed by atoms with Gasteiger partial charge < -0.3 is 24.3 Å². The van der Waals surface area contributed by atoms with Crippen LogP contribution in [0.25, 0.3) is 16.9 Å². The first kappa shape index (κ1) is 29.7. The highest BCUT2D eigenvalue weighted by molar-refractivity contribution is 5.98. The molecule has 0 saturated heterocycles. The Hall–Kier alpha value is -5.32. The van der Waals surface area contributed by atoms with E-state index in [1.807, 2.05) is 60.8 Å². The van der Waals surface area contributed by atoms with Crippen molar-refractivity contribution < 1.29 is 28.5 Å². The molecule has 2 N–H and O–H groups in total. The third kappa shape index (κ3) is 7.25. The Morgan fingerprint density at radius 3 is 2.26 bits per heavy atom. The summed E-state index contributed by atoms with van der Waals surface area (Å²) in [6.45, 7) is 2.39. The van der Waals surface area contributed by atoms with Crippen LogP contribution >= 0.6 is 0 Å². The number of nitrogens with zero attached hydrogens (tertiary/aromatic N) is 3. The van der Waals surface area contributed by atoms with Crippen LogP contribution in [0.2, 0.25) is 0 Å². The Morgan fingerprint density at radius 2 is 1.64 bits per heavy atom. The van der Waals surface area contributed by atoms with E-state index in [0.717, 1.165) is 23.4 Å². The molecule has 0 unspecified atom stereocenters. The zero-order valence-corrected chi connectivity index (χ0v) is 23.9. The summed E-state index contributed by atoms with van der Waals surface area (Å²) in [5.74, 6) is 0.781. The normalized spacial score (nSPS) is 10.8. The van der Waals surface area contributed by atoms with Gasteiger partial charge in [-0.2, -0.15) is 10.2 Å². The van der Waals surface area contributed by atoms with Gasteiger partial charge in [-0.15, -0.1) is 0 Å². The van der Waals surface area contributed by atoms with E-state index in [4.69, 9.17) is 24.0 Å². The molecule has 11 heteroatoms. The Morgan fingerprint density at radius 1 is 0.952 bits per heavy atom. The second-order valence-electron chi connectivity index (χ2n) is 8.98. The summed E-state index contributed by atoms with van der Waals surface area (Å²) >= 11 is 0. The maximum Gasteiger partial charge on any atom is 0.259 e. The van der Waals surface area contributed by atoms with Crippen molar-refractivity contribution in [2.75, 3.05) is 34.5 Å². The van der Waals surface area contributed by atoms with E-state index in [9.17, 15) is 9.59 Å². The van der Waals surface area contributed by atoms with Crippen LogP contribution in [0.1, 0.15) is 29.3 Å². The Kier molecular flexibility index (Phi) is 10.1. The smallest absolute Gasteiger partial charge is 0.259 e. The lowest BCUT2D eigenvalue weighted by Crippen LogP contribution is -2.35. The fourth-order valence-electron chi connectivity index (χ4n) is 4.04. The molecule has 0 atom stereocenters. The number of ether oxygens (including phenoxy) is 4. The van der Waals surface area contributed by atoms with E-state index in [1.54, 1.807) is 4.68 Å². The lowest BCUT2D eigenvalue weighted by molar-refractivity contribution is -0.120. The van der Waals surface area contributed by atoms with E-state index in [1.165, 1.54) is 39.7 Å². The highest BCUT2D eigenvalue weighted by Crippen LogP contribution is 2.38. The molecule has 1 aromatic heterocycles. The van der Waals surface area contributed by atoms with Crippen molar-refractivity contribution >= 4 is 18.0 Å². The molecule has 0 fully saturated rings. The number of hydrogen-bond donors (Lipinski definition) is 2. The van der Waals surface area contributed by atoms with Gasteiger partial charge >= 0.3 is 0 Å². The third-order valence-corrected chi connectivity index (χ3v) is 6.09. The van der Waals surface area contributed by atoms with Gasteiger partial charge in [0.25, 0.3) is 11.8 Å². The molecule has 2 amide bonds. The van der Waals surface area contributed by atoms with Crippen LogP contribution in [-0.2, 0) is 4.79 Å². The number of nitrogens with one attached hydrogen (secondary N) is 2. The van der Waals surface area contributed by atoms with Crippen LogP contribution in [0.4, 0.5) is 0 Å². The second-order valence-corrected chi connectivity index (χ2v) is 8.98. The molecule has 1 heterocycles. The summed E-state index contributed by atoms with van der Waals surface area (Å²) in [6, 6.07) is 20.3. The molecular weight excluding hydrogens is 538 g/mol. The van der Waals surface area contributed by atoms with Crippen molar-refractivity contribution in [2.24, 2.45) is 5.10 Å². The highest BCUT2D eigenvalue weighted by atomic mass is 16.5. The number of carbonyl (C=O) groups is 2. The number of aromatic nitrogens is 2. The number of carbonyl (C=O) groups excluding carboxylic acids is 2. The van der Waals surface area contributed by atoms with Gasteiger partial charge in [-0.25, -0.2) is 10.1 Å². The van der Waals surface area contributed by atoms with Gasteiger partial charge in [0.1, 0.15) is 11.4 Å². The largest absolute Gasteiger partial charge is 0.494 e. The molecule has 0 spiro atoms. The number of hydrazone groups is 1. The van der Waals surface area contributed by atoms with Crippen LogP contribution in [0, 0.1) is 0 Å². The molecular formula is C31H33N5O6. The Balaban J connectivity index is 1.45. The van der Waals surface area contributed by atoms with E-state index >= 15 is 0 Å². The van der Waals surface area contributed by atoms with E-state index in [0.29, 0.717) is 35.1 Å². The molecule has 0 radical (unpaired) electrons. The molecule has 11 nitrogen and oxygen atoms in total. The lowest BCUT2D eigenvalue weighted by atomic mass is 10.1. The fraction of sp³-hybridized carbons (Fsp3) is 0.226. The minimum atomic E-state index is -0.513. The number of para-hydroxylation sites is 1. The molecule has 0 aliphatic rings. The van der Waals surface area contributed by atoms with Crippen LogP contribution in [0.15, 0.2) is 78.0 Å². The van der Waals surface area contributed by atoms with Gasteiger partial charge in [0.15, 0.2) is 11.5 Å². The fourth-order valence-corrected chi connectivity index (χ4v) is 4.04. The van der Waals surface area contributed by atoms with Crippen molar-refractivity contribution in [2.45, 2.75) is 13.3 Å². The first-order chi connectivity index (χ1) is 20.5. The lowest BCUT2D eigenvalue weighted by Gasteiger charge is -2.14. The van der Waals surface area contributed by atoms with Gasteiger partial charge in [-0.05, 0) is 55.0 Å². The monoisotopic (exact) mass is 571 g/mol. The number of benzene rings is 3. The van der Waals surface area contributed by atoms with Crippen LogP contribution in [0.5, 0.6) is 23.0 Å². The molecule has 0 aliphatic heterocycles. The van der Waals surface area contributed by atoms with Gasteiger partial charge in [-0.3, -0.25) is 9.59 Å². The quantitative estimate of drug-likeness (QED) is 0.182. The van der Waals surface area contributed by atoms with Crippen LogP contribution < -0.4 is 29.7 Å². The third-order valence-electron chi connectivity index (χ3n) is 6.09. The standard InChI is InChI=1S/C31H33N5O6/c1-5-15-42-25-13-11-21(12-14-25)29-23(20-36(35-29)24-9-7-6-8-10-24)18-33-34-28(37)19-32-31(38)22-16-26(39-2)30(41-4)27(17-22)40-3/h6-14,16-18,20H,5,15,19H2,1-4H3,(H,32,38)(H,34,37)/b33-18-. The molecule has 0 bridgehead atoms. The Labute approximate surface area is 244 Å². The SMILES string of the molecule is CCCOc1ccc(-c2nn(-c3ccccc3)cc2/C=N\NC(=O)CNC(=O)c2cc(OC)c(OC)c(OC)c2)cc1. The van der Waals surface area contributed by atoms with Gasteiger partial charge in [0.05, 0.1) is 46.4 Å². The number of hydrogen-bond acceptors (Lipinski definition) is 8. The zero-order chi connectivity index (χ0) is 29.9. The molecule has 42 heavy (non-hydrogen) atoms. The highest BCUT2D eigenvalue weighted by Gasteiger charge is 2.17. The van der Waals surface area contributed by atoms with Crippen molar-refractivity contribution in [3.05, 3.63) is 84.1 Å². The van der Waals surface area contributed by atoms with Crippen molar-refractivity contribution in [1.82, 2.24) is 20.5 Å². The van der Waals surface area contributed by atoms with Crippen molar-refractivity contribution in [3.63, 3.8) is 0 Å². The summed E-state index contributed by atoms with van der Waals surface area (Å²) in [5, 5.41) is 11.4. The summed E-state index contributed by atoms with van der Waals surface area (Å²) < 4.78 is 23.3. The average molecular weight is 572 g/mol. The number of amides is 2. The Bertz CT molecular complexity index is 1510. The topological polar surface area (TPSA) is 125 Å². The van der Waals surface area contributed by atoms with E-state index in [-0.39, 0.29) is 12.1 Å². The second kappa shape index (κ2) is 14.4. The minimum absolute atomic E-state index is 0.241. The maximum atomic E-state index is 12.7. The van der Waals surface area contributed by atoms with Crippen LogP contribution in [0.3, 0.4) is 0 Å². The van der Waals surface area contributed by atoms with Gasteiger partial charge in [-0.1, -0.05) is 25.1 Å². The minimum Gasteiger partial charge on any atom is -0.494 e. The molecule has 218 valence electrons. The van der Waals surface area contributed by atoms with Crippen molar-refractivity contribution in [1.29, 1.82) is 0 Å². The van der Waals surface area contributed by atoms with E-state index < -0.39 is 11.8 Å². The summed E-state index contributed by atoms with van der Waals surface area (Å²) in [5.41, 5.74) is 5.79. The molecule has 0 aliphatic carbocycles. The molecule has 0 saturated carbocycles. The predicted molar refractivity (Wildman–Crippen MR) is 159 cm³/mol. The molecule has 4 aromatic rings. The van der Waals surface area contributed by atoms with Crippen LogP contribution in [-0.4, -0.2) is 62.3 Å². The van der Waals surface area contributed by atoms with Gasteiger partial charge in [0, 0.05) is 22.9 Å². The maximum absolute atomic E-state index is 12.7. The first-order valence-electron chi connectivity index (χ1n) is 13.3. The average Bonchev–Trinajstić information content (AvgIpc) is 3.46. The number of rotatable bonds is 13.